The van der Waals surface area contributed by atoms with Crippen molar-refractivity contribution < 1.29 is 18.8 Å². The van der Waals surface area contributed by atoms with Crippen molar-refractivity contribution in [3.8, 4) is 0 Å². The number of rotatable bonds is 6. The van der Waals surface area contributed by atoms with Crippen LogP contribution < -0.4 is 5.32 Å². The molecular formula is C15H20N4O4S. The Hall–Kier alpha value is -2.29. The first-order valence-corrected chi connectivity index (χ1v) is 8.30. The topological polar surface area (TPSA) is 107 Å². The highest BCUT2D eigenvalue weighted by Gasteiger charge is 2.21. The zero-order valence-electron chi connectivity index (χ0n) is 14.1. The molecule has 1 amide bonds. The molecule has 0 radical (unpaired) electrons. The molecule has 9 heteroatoms. The average molecular weight is 352 g/mol. The van der Waals surface area contributed by atoms with Crippen LogP contribution in [0.5, 0.6) is 0 Å². The Morgan fingerprint density at radius 1 is 1.33 bits per heavy atom. The van der Waals surface area contributed by atoms with Gasteiger partial charge in [-0.2, -0.15) is 4.98 Å². The minimum atomic E-state index is -0.371. The summed E-state index contributed by atoms with van der Waals surface area (Å²) in [5, 5.41) is 8.76. The number of aromatic nitrogens is 3. The van der Waals surface area contributed by atoms with Crippen molar-refractivity contribution in [2.24, 2.45) is 0 Å². The van der Waals surface area contributed by atoms with E-state index in [9.17, 15) is 9.59 Å². The predicted molar refractivity (Wildman–Crippen MR) is 87.8 cm³/mol. The van der Waals surface area contributed by atoms with Crippen molar-refractivity contribution in [3.63, 3.8) is 0 Å². The van der Waals surface area contributed by atoms with E-state index in [-0.39, 0.29) is 30.1 Å². The number of hydrogen-bond donors (Lipinski definition) is 1. The second-order valence-electron chi connectivity index (χ2n) is 6.21. The van der Waals surface area contributed by atoms with Crippen LogP contribution in [0, 0.1) is 0 Å². The number of anilines is 1. The molecule has 0 fully saturated rings. The summed E-state index contributed by atoms with van der Waals surface area (Å²) in [6, 6.07) is 0. The molecule has 0 aromatic carbocycles. The molecule has 0 atom stereocenters. The van der Waals surface area contributed by atoms with Gasteiger partial charge >= 0.3 is 5.97 Å². The van der Waals surface area contributed by atoms with Crippen LogP contribution >= 0.6 is 11.3 Å². The highest BCUT2D eigenvalue weighted by molar-refractivity contribution is 7.13. The van der Waals surface area contributed by atoms with E-state index in [4.69, 9.17) is 4.52 Å². The lowest BCUT2D eigenvalue weighted by atomic mass is 9.96. The monoisotopic (exact) mass is 352 g/mol. The number of aryl methyl sites for hydroxylation is 1. The molecular weight excluding hydrogens is 332 g/mol. The average Bonchev–Trinajstić information content (AvgIpc) is 3.14. The minimum absolute atomic E-state index is 0.0838. The second-order valence-corrected chi connectivity index (χ2v) is 7.06. The Kier molecular flexibility index (Phi) is 5.66. The van der Waals surface area contributed by atoms with Gasteiger partial charge in [0.2, 0.25) is 11.8 Å². The van der Waals surface area contributed by atoms with E-state index >= 15 is 0 Å². The number of esters is 1. The van der Waals surface area contributed by atoms with Crippen LogP contribution in [-0.4, -0.2) is 34.1 Å². The van der Waals surface area contributed by atoms with Crippen LogP contribution in [0.2, 0.25) is 0 Å². The molecule has 2 aromatic rings. The van der Waals surface area contributed by atoms with Gasteiger partial charge < -0.3 is 14.6 Å². The summed E-state index contributed by atoms with van der Waals surface area (Å²) in [5.41, 5.74) is 0.370. The first kappa shape index (κ1) is 18.1. The molecule has 130 valence electrons. The van der Waals surface area contributed by atoms with Crippen molar-refractivity contribution in [3.05, 3.63) is 22.8 Å². The van der Waals surface area contributed by atoms with Crippen molar-refractivity contribution in [1.29, 1.82) is 0 Å². The maximum atomic E-state index is 12.0. The Morgan fingerprint density at radius 3 is 2.71 bits per heavy atom. The van der Waals surface area contributed by atoms with Gasteiger partial charge in [-0.25, -0.2) is 4.98 Å². The molecule has 0 aliphatic carbocycles. The molecule has 2 heterocycles. The Bertz CT molecular complexity index is 717. The Balaban J connectivity index is 1.83. The Morgan fingerprint density at radius 2 is 2.08 bits per heavy atom. The smallest absolute Gasteiger partial charge is 0.311 e. The molecule has 0 aliphatic heterocycles. The van der Waals surface area contributed by atoms with Gasteiger partial charge in [0.1, 0.15) is 0 Å². The van der Waals surface area contributed by atoms with E-state index in [0.29, 0.717) is 29.0 Å². The molecule has 0 spiro atoms. The molecule has 2 aromatic heterocycles. The molecule has 0 saturated heterocycles. The molecule has 0 saturated carbocycles. The van der Waals surface area contributed by atoms with E-state index in [1.54, 1.807) is 5.38 Å². The SMILES string of the molecule is COC(=O)Cc1csc(NC(=O)CCc2nc(C(C)(C)C)no2)n1. The number of carbonyl (C=O) groups is 2. The summed E-state index contributed by atoms with van der Waals surface area (Å²) in [6.07, 6.45) is 0.646. The van der Waals surface area contributed by atoms with Gasteiger partial charge in [-0.1, -0.05) is 25.9 Å². The van der Waals surface area contributed by atoms with Crippen LogP contribution in [0.3, 0.4) is 0 Å². The van der Waals surface area contributed by atoms with Gasteiger partial charge in [0.25, 0.3) is 0 Å². The third-order valence-electron chi connectivity index (χ3n) is 3.06. The standard InChI is InChI=1S/C15H20N4O4S/c1-15(2,3)13-18-11(23-19-13)6-5-10(20)17-14-16-9(8-24-14)7-12(21)22-4/h8H,5-7H2,1-4H3,(H,16,17,20). The van der Waals surface area contributed by atoms with Gasteiger partial charge in [-0.05, 0) is 0 Å². The third kappa shape index (κ3) is 5.12. The summed E-state index contributed by atoms with van der Waals surface area (Å²) in [4.78, 5) is 31.6. The van der Waals surface area contributed by atoms with Gasteiger partial charge in [0.05, 0.1) is 19.2 Å². The first-order valence-electron chi connectivity index (χ1n) is 7.42. The Labute approximate surface area is 143 Å². The lowest BCUT2D eigenvalue weighted by Gasteiger charge is -2.10. The van der Waals surface area contributed by atoms with Crippen LogP contribution in [0.25, 0.3) is 0 Å². The molecule has 0 bridgehead atoms. The van der Waals surface area contributed by atoms with Crippen molar-refractivity contribution in [2.75, 3.05) is 12.4 Å². The molecule has 24 heavy (non-hydrogen) atoms. The van der Waals surface area contributed by atoms with Gasteiger partial charge in [-0.15, -0.1) is 11.3 Å². The predicted octanol–water partition coefficient (Wildman–Crippen LogP) is 2.11. The molecule has 8 nitrogen and oxygen atoms in total. The zero-order valence-corrected chi connectivity index (χ0v) is 14.9. The van der Waals surface area contributed by atoms with Gasteiger partial charge in [0, 0.05) is 23.6 Å². The van der Waals surface area contributed by atoms with E-state index in [1.165, 1.54) is 18.4 Å². The molecule has 0 unspecified atom stereocenters. The lowest BCUT2D eigenvalue weighted by molar-refractivity contribution is -0.139. The fraction of sp³-hybridized carbons (Fsp3) is 0.533. The number of amides is 1. The van der Waals surface area contributed by atoms with Crippen molar-refractivity contribution >= 4 is 28.3 Å². The van der Waals surface area contributed by atoms with Crippen LogP contribution in [0.1, 0.15) is 44.6 Å². The van der Waals surface area contributed by atoms with E-state index < -0.39 is 0 Å². The minimum Gasteiger partial charge on any atom is -0.469 e. The summed E-state index contributed by atoms with van der Waals surface area (Å²) in [6.45, 7) is 5.97. The fourth-order valence-electron chi connectivity index (χ4n) is 1.73. The maximum absolute atomic E-state index is 12.0. The molecule has 0 aliphatic rings. The van der Waals surface area contributed by atoms with E-state index in [1.807, 2.05) is 20.8 Å². The normalized spacial score (nSPS) is 11.3. The second kappa shape index (κ2) is 7.52. The largest absolute Gasteiger partial charge is 0.469 e. The number of ether oxygens (including phenoxy) is 1. The quantitative estimate of drug-likeness (QED) is 0.793. The highest BCUT2D eigenvalue weighted by atomic mass is 32.1. The highest BCUT2D eigenvalue weighted by Crippen LogP contribution is 2.19. The number of thiazole rings is 1. The van der Waals surface area contributed by atoms with Crippen molar-refractivity contribution in [2.45, 2.75) is 45.4 Å². The lowest BCUT2D eigenvalue weighted by Crippen LogP contribution is -2.14. The number of nitrogens with one attached hydrogen (secondary N) is 1. The zero-order chi connectivity index (χ0) is 17.7. The number of carbonyl (C=O) groups excluding carboxylic acids is 2. The maximum Gasteiger partial charge on any atom is 0.311 e. The fourth-order valence-corrected chi connectivity index (χ4v) is 2.46. The van der Waals surface area contributed by atoms with Crippen LogP contribution in [0.15, 0.2) is 9.90 Å². The summed E-state index contributed by atoms with van der Waals surface area (Å²) in [5.74, 6) is 0.472. The number of methoxy groups -OCH3 is 1. The summed E-state index contributed by atoms with van der Waals surface area (Å²) >= 11 is 1.26. The van der Waals surface area contributed by atoms with Crippen molar-refractivity contribution in [1.82, 2.24) is 15.1 Å². The van der Waals surface area contributed by atoms with E-state index in [0.717, 1.165) is 0 Å². The number of hydrogen-bond acceptors (Lipinski definition) is 8. The summed E-state index contributed by atoms with van der Waals surface area (Å²) in [7, 11) is 1.32. The first-order chi connectivity index (χ1) is 11.3. The molecule has 2 rings (SSSR count). The van der Waals surface area contributed by atoms with Gasteiger partial charge in [0.15, 0.2) is 11.0 Å². The summed E-state index contributed by atoms with van der Waals surface area (Å²) < 4.78 is 9.72. The van der Waals surface area contributed by atoms with Gasteiger partial charge in [-0.3, -0.25) is 9.59 Å². The molecule has 1 N–H and O–H groups in total. The van der Waals surface area contributed by atoms with Crippen LogP contribution in [0.4, 0.5) is 5.13 Å². The van der Waals surface area contributed by atoms with E-state index in [2.05, 4.69) is 25.2 Å². The van der Waals surface area contributed by atoms with Crippen LogP contribution in [-0.2, 0) is 32.6 Å². The number of nitrogens with zero attached hydrogens (tertiary/aromatic N) is 3. The third-order valence-corrected chi connectivity index (χ3v) is 3.86.